The molecule has 8 heteroatoms. The molecule has 2 aromatic rings. The summed E-state index contributed by atoms with van der Waals surface area (Å²) < 4.78 is 23.8. The fraction of sp³-hybridized carbons (Fsp3) is 0.438. The molecular weight excluding hydrogens is 328 g/mol. The van der Waals surface area contributed by atoms with E-state index in [1.807, 2.05) is 6.92 Å². The summed E-state index contributed by atoms with van der Waals surface area (Å²) >= 11 is 0. The van der Waals surface area contributed by atoms with E-state index in [2.05, 4.69) is 15.2 Å². The van der Waals surface area contributed by atoms with Crippen LogP contribution in [0.15, 0.2) is 29.2 Å². The highest BCUT2D eigenvalue weighted by molar-refractivity contribution is 7.90. The monoisotopic (exact) mass is 348 g/mol. The Balaban J connectivity index is 1.74. The van der Waals surface area contributed by atoms with Crippen LogP contribution in [-0.4, -0.2) is 53.8 Å². The number of carbonyl (C=O) groups is 1. The molecule has 128 valence electrons. The Morgan fingerprint density at radius 1 is 1.25 bits per heavy atom. The van der Waals surface area contributed by atoms with Crippen molar-refractivity contribution in [2.75, 3.05) is 19.3 Å². The fourth-order valence-corrected chi connectivity index (χ4v) is 3.90. The largest absolute Gasteiger partial charge is 0.339 e. The van der Waals surface area contributed by atoms with Crippen LogP contribution in [0.2, 0.25) is 0 Å². The lowest BCUT2D eigenvalue weighted by Crippen LogP contribution is -2.38. The van der Waals surface area contributed by atoms with Crippen LogP contribution in [0, 0.1) is 6.92 Å². The molecule has 0 bridgehead atoms. The molecule has 1 saturated heterocycles. The van der Waals surface area contributed by atoms with Crippen molar-refractivity contribution < 1.29 is 13.2 Å². The summed E-state index contributed by atoms with van der Waals surface area (Å²) in [5.74, 6) is 1.56. The van der Waals surface area contributed by atoms with Crippen LogP contribution < -0.4 is 0 Å². The molecule has 0 unspecified atom stereocenters. The Bertz CT molecular complexity index is 852. The molecule has 24 heavy (non-hydrogen) atoms. The van der Waals surface area contributed by atoms with E-state index in [4.69, 9.17) is 0 Å². The van der Waals surface area contributed by atoms with Gasteiger partial charge in [0, 0.05) is 25.3 Å². The predicted molar refractivity (Wildman–Crippen MR) is 88.6 cm³/mol. The molecule has 0 radical (unpaired) electrons. The minimum Gasteiger partial charge on any atom is -0.339 e. The standard InChI is InChI=1S/C16H20N4O3S/c1-11-17-15(19-18-11)12-7-9-20(10-8-12)16(21)13-5-3-4-6-14(13)24(2,22)23/h3-6,12H,7-10H2,1-2H3,(H,17,18,19). The number of amides is 1. The van der Waals surface area contributed by atoms with Gasteiger partial charge in [-0.1, -0.05) is 12.1 Å². The Labute approximate surface area is 141 Å². The number of H-pyrrole nitrogens is 1. The zero-order valence-electron chi connectivity index (χ0n) is 13.7. The fourth-order valence-electron chi connectivity index (χ4n) is 3.02. The molecule has 1 aromatic heterocycles. The minimum atomic E-state index is -3.44. The lowest BCUT2D eigenvalue weighted by Gasteiger charge is -2.31. The van der Waals surface area contributed by atoms with Gasteiger partial charge in [-0.3, -0.25) is 9.89 Å². The van der Waals surface area contributed by atoms with E-state index in [9.17, 15) is 13.2 Å². The van der Waals surface area contributed by atoms with Crippen molar-refractivity contribution in [1.29, 1.82) is 0 Å². The molecule has 1 aliphatic rings. The summed E-state index contributed by atoms with van der Waals surface area (Å²) in [4.78, 5) is 18.9. The molecule has 0 atom stereocenters. The molecule has 3 rings (SSSR count). The van der Waals surface area contributed by atoms with E-state index >= 15 is 0 Å². The highest BCUT2D eigenvalue weighted by atomic mass is 32.2. The van der Waals surface area contributed by atoms with E-state index in [1.165, 1.54) is 6.07 Å². The minimum absolute atomic E-state index is 0.0849. The average Bonchev–Trinajstić information content (AvgIpc) is 3.00. The number of hydrogen-bond acceptors (Lipinski definition) is 5. The third-order valence-electron chi connectivity index (χ3n) is 4.28. The van der Waals surface area contributed by atoms with Crippen molar-refractivity contribution in [2.24, 2.45) is 0 Å². The lowest BCUT2D eigenvalue weighted by atomic mass is 9.95. The summed E-state index contributed by atoms with van der Waals surface area (Å²) in [7, 11) is -3.44. The summed E-state index contributed by atoms with van der Waals surface area (Å²) in [6.45, 7) is 2.99. The first-order chi connectivity index (χ1) is 11.4. The smallest absolute Gasteiger partial charge is 0.255 e. The van der Waals surface area contributed by atoms with Crippen molar-refractivity contribution in [3.05, 3.63) is 41.5 Å². The van der Waals surface area contributed by atoms with E-state index in [-0.39, 0.29) is 22.3 Å². The number of rotatable bonds is 3. The first-order valence-electron chi connectivity index (χ1n) is 7.83. The lowest BCUT2D eigenvalue weighted by molar-refractivity contribution is 0.0707. The second-order valence-electron chi connectivity index (χ2n) is 6.11. The van der Waals surface area contributed by atoms with Crippen LogP contribution in [0.3, 0.4) is 0 Å². The summed E-state index contributed by atoms with van der Waals surface area (Å²) in [5, 5.41) is 7.04. The number of nitrogens with zero attached hydrogens (tertiary/aromatic N) is 3. The van der Waals surface area contributed by atoms with Crippen LogP contribution >= 0.6 is 0 Å². The van der Waals surface area contributed by atoms with Gasteiger partial charge in [-0.15, -0.1) is 0 Å². The van der Waals surface area contributed by atoms with Gasteiger partial charge >= 0.3 is 0 Å². The summed E-state index contributed by atoms with van der Waals surface area (Å²) in [6, 6.07) is 6.37. The number of nitrogens with one attached hydrogen (secondary N) is 1. The van der Waals surface area contributed by atoms with Crippen LogP contribution in [-0.2, 0) is 9.84 Å². The number of piperidine rings is 1. The second-order valence-corrected chi connectivity index (χ2v) is 8.10. The Hall–Kier alpha value is -2.22. The van der Waals surface area contributed by atoms with E-state index in [1.54, 1.807) is 23.1 Å². The van der Waals surface area contributed by atoms with Crippen molar-refractivity contribution in [3.8, 4) is 0 Å². The maximum atomic E-state index is 12.7. The topological polar surface area (TPSA) is 96.0 Å². The van der Waals surface area contributed by atoms with E-state index in [0.717, 1.165) is 30.7 Å². The van der Waals surface area contributed by atoms with Gasteiger partial charge in [0.15, 0.2) is 15.7 Å². The Morgan fingerprint density at radius 2 is 1.92 bits per heavy atom. The first-order valence-corrected chi connectivity index (χ1v) is 9.72. The Morgan fingerprint density at radius 3 is 2.50 bits per heavy atom. The third-order valence-corrected chi connectivity index (χ3v) is 5.43. The van der Waals surface area contributed by atoms with E-state index < -0.39 is 9.84 Å². The molecule has 1 aliphatic heterocycles. The van der Waals surface area contributed by atoms with Gasteiger partial charge < -0.3 is 4.90 Å². The Kier molecular flexibility index (Phi) is 4.40. The normalized spacial score (nSPS) is 16.3. The van der Waals surface area contributed by atoms with Gasteiger partial charge in [-0.25, -0.2) is 13.4 Å². The van der Waals surface area contributed by atoms with Crippen LogP contribution in [0.4, 0.5) is 0 Å². The second kappa shape index (κ2) is 6.35. The number of carbonyl (C=O) groups excluding carboxylic acids is 1. The highest BCUT2D eigenvalue weighted by Gasteiger charge is 2.28. The van der Waals surface area contributed by atoms with Crippen molar-refractivity contribution in [3.63, 3.8) is 0 Å². The molecule has 0 aliphatic carbocycles. The number of aromatic amines is 1. The summed E-state index contributed by atoms with van der Waals surface area (Å²) in [6.07, 6.45) is 2.66. The van der Waals surface area contributed by atoms with Gasteiger partial charge in [-0.2, -0.15) is 5.10 Å². The number of sulfone groups is 1. The van der Waals surface area contributed by atoms with Crippen molar-refractivity contribution in [2.45, 2.75) is 30.6 Å². The molecule has 0 spiro atoms. The molecule has 1 aromatic carbocycles. The zero-order valence-corrected chi connectivity index (χ0v) is 14.5. The maximum absolute atomic E-state index is 12.7. The van der Waals surface area contributed by atoms with Crippen molar-refractivity contribution >= 4 is 15.7 Å². The van der Waals surface area contributed by atoms with Gasteiger partial charge in [0.25, 0.3) is 5.91 Å². The molecule has 1 fully saturated rings. The van der Waals surface area contributed by atoms with Crippen LogP contribution in [0.5, 0.6) is 0 Å². The van der Waals surface area contributed by atoms with E-state index in [0.29, 0.717) is 13.1 Å². The SMILES string of the molecule is Cc1nc(C2CCN(C(=O)c3ccccc3S(C)(=O)=O)CC2)n[nH]1. The van der Waals surface area contributed by atoms with Crippen LogP contribution in [0.25, 0.3) is 0 Å². The van der Waals surface area contributed by atoms with Gasteiger partial charge in [0.2, 0.25) is 0 Å². The number of hydrogen-bond donors (Lipinski definition) is 1. The molecular formula is C16H20N4O3S. The van der Waals surface area contributed by atoms with Crippen molar-refractivity contribution in [1.82, 2.24) is 20.1 Å². The zero-order chi connectivity index (χ0) is 17.3. The van der Waals surface area contributed by atoms with Crippen LogP contribution in [0.1, 0.15) is 40.8 Å². The highest BCUT2D eigenvalue weighted by Crippen LogP contribution is 2.27. The number of aryl methyl sites for hydroxylation is 1. The van der Waals surface area contributed by atoms with Gasteiger partial charge in [0.05, 0.1) is 10.5 Å². The first kappa shape index (κ1) is 16.6. The average molecular weight is 348 g/mol. The molecule has 1 amide bonds. The van der Waals surface area contributed by atoms with Gasteiger partial charge in [0.1, 0.15) is 5.82 Å². The predicted octanol–water partition coefficient (Wildman–Crippen LogP) is 1.54. The molecule has 7 nitrogen and oxygen atoms in total. The quantitative estimate of drug-likeness (QED) is 0.907. The third kappa shape index (κ3) is 3.33. The van der Waals surface area contributed by atoms with Gasteiger partial charge in [-0.05, 0) is 31.9 Å². The summed E-state index contributed by atoms with van der Waals surface area (Å²) in [5.41, 5.74) is 0.243. The molecule has 0 saturated carbocycles. The molecule has 2 heterocycles. The molecule has 1 N–H and O–H groups in total. The number of benzene rings is 1. The number of aromatic nitrogens is 3. The maximum Gasteiger partial charge on any atom is 0.255 e. The number of likely N-dealkylation sites (tertiary alicyclic amines) is 1.